The third-order valence-electron chi connectivity index (χ3n) is 3.29. The van der Waals surface area contributed by atoms with E-state index in [-0.39, 0.29) is 6.10 Å². The van der Waals surface area contributed by atoms with Crippen molar-refractivity contribution >= 4 is 34.7 Å². The second-order valence-electron chi connectivity index (χ2n) is 4.59. The first-order chi connectivity index (χ1) is 9.13. The molecular weight excluding hydrogens is 276 g/mol. The van der Waals surface area contributed by atoms with Gasteiger partial charge in [0.2, 0.25) is 0 Å². The molecule has 3 N–H and O–H groups in total. The highest BCUT2D eigenvalue weighted by Crippen LogP contribution is 2.30. The molecule has 1 fully saturated rings. The Labute approximate surface area is 124 Å². The summed E-state index contributed by atoms with van der Waals surface area (Å²) in [6, 6.07) is 6.49. The Morgan fingerprint density at radius 2 is 2.37 bits per heavy atom. The Bertz CT molecular complexity index is 465. The Balaban J connectivity index is 2.28. The van der Waals surface area contributed by atoms with Gasteiger partial charge >= 0.3 is 0 Å². The zero-order valence-electron chi connectivity index (χ0n) is 11.3. The first-order valence-electron chi connectivity index (χ1n) is 6.57. The van der Waals surface area contributed by atoms with Crippen LogP contribution in [0.15, 0.2) is 23.1 Å². The number of anilines is 1. The van der Waals surface area contributed by atoms with Gasteiger partial charge in [0.1, 0.15) is 4.99 Å². The van der Waals surface area contributed by atoms with Crippen LogP contribution in [0.2, 0.25) is 0 Å². The van der Waals surface area contributed by atoms with Crippen molar-refractivity contribution in [3.63, 3.8) is 0 Å². The second-order valence-corrected chi connectivity index (χ2v) is 6.34. The number of nitrogens with two attached hydrogens (primary N) is 1. The van der Waals surface area contributed by atoms with Crippen molar-refractivity contribution in [1.29, 1.82) is 0 Å². The molecule has 0 aliphatic carbocycles. The summed E-state index contributed by atoms with van der Waals surface area (Å²) < 4.78 is 5.58. The third kappa shape index (κ3) is 3.41. The normalized spacial score (nSPS) is 22.4. The van der Waals surface area contributed by atoms with Gasteiger partial charge in [-0.3, -0.25) is 0 Å². The molecule has 3 nitrogen and oxygen atoms in total. The minimum Gasteiger partial charge on any atom is -0.389 e. The highest BCUT2D eigenvalue weighted by molar-refractivity contribution is 7.99. The molecule has 2 unspecified atom stereocenters. The first-order valence-corrected chi connectivity index (χ1v) is 7.96. The van der Waals surface area contributed by atoms with Crippen LogP contribution in [0.3, 0.4) is 0 Å². The lowest BCUT2D eigenvalue weighted by atomic mass is 10.1. The van der Waals surface area contributed by atoms with E-state index in [1.807, 2.05) is 12.1 Å². The number of thiocarbonyl (C=S) groups is 1. The lowest BCUT2D eigenvalue weighted by Gasteiger charge is -2.21. The molecule has 1 aliphatic rings. The predicted octanol–water partition coefficient (Wildman–Crippen LogP) is 3.02. The van der Waals surface area contributed by atoms with Crippen molar-refractivity contribution < 1.29 is 4.74 Å². The summed E-state index contributed by atoms with van der Waals surface area (Å²) in [5.41, 5.74) is 7.88. The first kappa shape index (κ1) is 14.6. The Kier molecular flexibility index (Phi) is 5.07. The summed E-state index contributed by atoms with van der Waals surface area (Å²) in [4.78, 5) is 1.59. The van der Waals surface area contributed by atoms with E-state index in [1.165, 1.54) is 0 Å². The minimum atomic E-state index is 0.224. The average molecular weight is 296 g/mol. The second kappa shape index (κ2) is 6.59. The van der Waals surface area contributed by atoms with Crippen molar-refractivity contribution in [2.45, 2.75) is 37.3 Å². The summed E-state index contributed by atoms with van der Waals surface area (Å²) in [7, 11) is 0. The fourth-order valence-corrected chi connectivity index (χ4v) is 3.44. The Morgan fingerprint density at radius 1 is 1.58 bits per heavy atom. The number of ether oxygens (including phenoxy) is 1. The highest BCUT2D eigenvalue weighted by Gasteiger charge is 2.25. The van der Waals surface area contributed by atoms with Crippen LogP contribution in [0.5, 0.6) is 0 Å². The van der Waals surface area contributed by atoms with E-state index in [4.69, 9.17) is 22.7 Å². The molecule has 0 bridgehead atoms. The Hall–Kier alpha value is -0.780. The van der Waals surface area contributed by atoms with Crippen LogP contribution in [0.25, 0.3) is 0 Å². The number of hydrogen-bond donors (Lipinski definition) is 2. The van der Waals surface area contributed by atoms with Crippen LogP contribution >= 0.6 is 24.0 Å². The van der Waals surface area contributed by atoms with Crippen molar-refractivity contribution in [3.8, 4) is 0 Å². The van der Waals surface area contributed by atoms with E-state index < -0.39 is 0 Å². The number of rotatable bonds is 5. The van der Waals surface area contributed by atoms with E-state index in [0.29, 0.717) is 11.0 Å². The summed E-state index contributed by atoms with van der Waals surface area (Å²) in [5.74, 6) is 1.00. The molecule has 19 heavy (non-hydrogen) atoms. The van der Waals surface area contributed by atoms with Gasteiger partial charge in [0, 0.05) is 22.8 Å². The van der Waals surface area contributed by atoms with E-state index in [1.54, 1.807) is 11.8 Å². The monoisotopic (exact) mass is 296 g/mol. The van der Waals surface area contributed by atoms with Gasteiger partial charge < -0.3 is 15.8 Å². The van der Waals surface area contributed by atoms with Gasteiger partial charge in [0.15, 0.2) is 0 Å². The molecule has 1 saturated heterocycles. The molecule has 2 atom stereocenters. The number of thioether (sulfide) groups is 1. The maximum absolute atomic E-state index is 5.90. The smallest absolute Gasteiger partial charge is 0.107 e. The van der Waals surface area contributed by atoms with Crippen LogP contribution in [-0.4, -0.2) is 29.5 Å². The van der Waals surface area contributed by atoms with E-state index in [0.717, 1.165) is 34.9 Å². The SMILES string of the molecule is CCSc1cccc(NC2CCOC2C)c1C(N)=S. The number of benzene rings is 1. The van der Waals surface area contributed by atoms with Crippen molar-refractivity contribution in [3.05, 3.63) is 23.8 Å². The third-order valence-corrected chi connectivity index (χ3v) is 4.43. The van der Waals surface area contributed by atoms with Crippen LogP contribution < -0.4 is 11.1 Å². The van der Waals surface area contributed by atoms with Crippen LogP contribution in [0, 0.1) is 0 Å². The van der Waals surface area contributed by atoms with E-state index in [9.17, 15) is 0 Å². The molecule has 2 rings (SSSR count). The average Bonchev–Trinajstić information content (AvgIpc) is 2.75. The molecule has 0 amide bonds. The van der Waals surface area contributed by atoms with Crippen LogP contribution in [0.1, 0.15) is 25.8 Å². The molecule has 1 aliphatic heterocycles. The Morgan fingerprint density at radius 3 is 2.95 bits per heavy atom. The number of nitrogens with one attached hydrogen (secondary N) is 1. The molecule has 0 spiro atoms. The highest BCUT2D eigenvalue weighted by atomic mass is 32.2. The van der Waals surface area contributed by atoms with Crippen molar-refractivity contribution in [2.75, 3.05) is 17.7 Å². The molecule has 0 radical (unpaired) electrons. The van der Waals surface area contributed by atoms with Gasteiger partial charge in [-0.25, -0.2) is 0 Å². The molecule has 1 aromatic carbocycles. The molecular formula is C14H20N2OS2. The van der Waals surface area contributed by atoms with Gasteiger partial charge in [-0.15, -0.1) is 11.8 Å². The number of hydrogen-bond acceptors (Lipinski definition) is 4. The van der Waals surface area contributed by atoms with Gasteiger partial charge in [-0.1, -0.05) is 25.2 Å². The van der Waals surface area contributed by atoms with Crippen LogP contribution in [-0.2, 0) is 4.74 Å². The minimum absolute atomic E-state index is 0.224. The quantitative estimate of drug-likeness (QED) is 0.646. The zero-order chi connectivity index (χ0) is 13.8. The van der Waals surface area contributed by atoms with Gasteiger partial charge in [0.05, 0.1) is 12.1 Å². The van der Waals surface area contributed by atoms with Crippen molar-refractivity contribution in [2.24, 2.45) is 5.73 Å². The lowest BCUT2D eigenvalue weighted by molar-refractivity contribution is 0.121. The lowest BCUT2D eigenvalue weighted by Crippen LogP contribution is -2.28. The molecule has 1 aromatic rings. The zero-order valence-corrected chi connectivity index (χ0v) is 12.9. The van der Waals surface area contributed by atoms with Gasteiger partial charge in [-0.2, -0.15) is 0 Å². The maximum Gasteiger partial charge on any atom is 0.107 e. The summed E-state index contributed by atoms with van der Waals surface area (Å²) >= 11 is 6.98. The van der Waals surface area contributed by atoms with Gasteiger partial charge in [0.25, 0.3) is 0 Å². The summed E-state index contributed by atoms with van der Waals surface area (Å²) in [5, 5.41) is 3.53. The maximum atomic E-state index is 5.90. The van der Waals surface area contributed by atoms with Crippen LogP contribution in [0.4, 0.5) is 5.69 Å². The summed E-state index contributed by atoms with van der Waals surface area (Å²) in [6.45, 7) is 5.03. The van der Waals surface area contributed by atoms with E-state index >= 15 is 0 Å². The standard InChI is InChI=1S/C14H20N2OS2/c1-3-19-12-6-4-5-11(13(12)14(15)18)16-10-7-8-17-9(10)2/h4-6,9-10,16H,3,7-8H2,1-2H3,(H2,15,18). The largest absolute Gasteiger partial charge is 0.389 e. The molecule has 0 aromatic heterocycles. The topological polar surface area (TPSA) is 47.3 Å². The van der Waals surface area contributed by atoms with Crippen molar-refractivity contribution in [1.82, 2.24) is 0 Å². The predicted molar refractivity (Wildman–Crippen MR) is 86.2 cm³/mol. The molecule has 1 heterocycles. The fourth-order valence-electron chi connectivity index (χ4n) is 2.30. The molecule has 0 saturated carbocycles. The summed E-state index contributed by atoms with van der Waals surface area (Å²) in [6.07, 6.45) is 1.24. The fraction of sp³-hybridized carbons (Fsp3) is 0.500. The molecule has 5 heteroatoms. The molecule has 104 valence electrons. The van der Waals surface area contributed by atoms with E-state index in [2.05, 4.69) is 25.2 Å². The van der Waals surface area contributed by atoms with Gasteiger partial charge in [-0.05, 0) is 31.2 Å².